The molecule has 0 unspecified atom stereocenters. The van der Waals surface area contributed by atoms with Crippen molar-refractivity contribution in [3.8, 4) is 0 Å². The second-order valence-electron chi connectivity index (χ2n) is 7.35. The number of thiazole rings is 1. The molecule has 4 aromatic rings. The number of carbonyl (C=O) groups excluding carboxylic acids is 1. The van der Waals surface area contributed by atoms with E-state index < -0.39 is 10.0 Å². The zero-order valence-corrected chi connectivity index (χ0v) is 18.6. The van der Waals surface area contributed by atoms with E-state index in [4.69, 9.17) is 0 Å². The highest BCUT2D eigenvalue weighted by molar-refractivity contribution is 7.92. The van der Waals surface area contributed by atoms with E-state index in [0.29, 0.717) is 27.8 Å². The van der Waals surface area contributed by atoms with Gasteiger partial charge in [-0.25, -0.2) is 13.4 Å². The van der Waals surface area contributed by atoms with E-state index in [1.54, 1.807) is 54.6 Å². The van der Waals surface area contributed by atoms with Gasteiger partial charge in [0.05, 0.1) is 20.8 Å². The highest BCUT2D eigenvalue weighted by Crippen LogP contribution is 2.30. The molecule has 0 aliphatic heterocycles. The third-order valence-corrected chi connectivity index (χ3v) is 7.08. The number of nitrogens with zero attached hydrogens (tertiary/aromatic N) is 1. The standard InChI is InChI=1S/C23H21N3O3S2/c1-15(2)16-8-11-19(12-9-16)31(28,29)26-18-10-13-20-21(14-18)30-23(24-20)25-22(27)17-6-4-3-5-7-17/h3-15,26H,1-2H3,(H,24,25,27). The van der Waals surface area contributed by atoms with Crippen molar-refractivity contribution < 1.29 is 13.2 Å². The molecule has 1 amide bonds. The van der Waals surface area contributed by atoms with Crippen LogP contribution in [-0.4, -0.2) is 19.3 Å². The number of sulfonamides is 1. The van der Waals surface area contributed by atoms with Crippen molar-refractivity contribution in [1.82, 2.24) is 4.98 Å². The Bertz CT molecular complexity index is 1330. The minimum Gasteiger partial charge on any atom is -0.298 e. The monoisotopic (exact) mass is 451 g/mol. The van der Waals surface area contributed by atoms with Crippen molar-refractivity contribution >= 4 is 48.3 Å². The summed E-state index contributed by atoms with van der Waals surface area (Å²) in [6.45, 7) is 4.12. The Balaban J connectivity index is 1.53. The first-order chi connectivity index (χ1) is 14.8. The van der Waals surface area contributed by atoms with Gasteiger partial charge in [-0.2, -0.15) is 0 Å². The molecule has 1 heterocycles. The molecule has 31 heavy (non-hydrogen) atoms. The predicted octanol–water partition coefficient (Wildman–Crippen LogP) is 5.47. The molecule has 8 heteroatoms. The number of amides is 1. The Kier molecular flexibility index (Phi) is 5.75. The molecular weight excluding hydrogens is 430 g/mol. The fourth-order valence-electron chi connectivity index (χ4n) is 3.05. The smallest absolute Gasteiger partial charge is 0.261 e. The van der Waals surface area contributed by atoms with Crippen LogP contribution >= 0.6 is 11.3 Å². The molecular formula is C23H21N3O3S2. The minimum atomic E-state index is -3.71. The second-order valence-corrected chi connectivity index (χ2v) is 10.1. The number of nitrogens with one attached hydrogen (secondary N) is 2. The van der Waals surface area contributed by atoms with Crippen LogP contribution < -0.4 is 10.0 Å². The SMILES string of the molecule is CC(C)c1ccc(S(=O)(=O)Nc2ccc3nc(NC(=O)c4ccccc4)sc3c2)cc1. The maximum Gasteiger partial charge on any atom is 0.261 e. The van der Waals surface area contributed by atoms with Crippen LogP contribution in [-0.2, 0) is 10.0 Å². The van der Waals surface area contributed by atoms with E-state index in [1.165, 1.54) is 11.3 Å². The summed E-state index contributed by atoms with van der Waals surface area (Å²) >= 11 is 1.28. The molecule has 0 saturated carbocycles. The van der Waals surface area contributed by atoms with E-state index in [1.807, 2.05) is 18.2 Å². The third-order valence-electron chi connectivity index (χ3n) is 4.75. The Morgan fingerprint density at radius 1 is 0.968 bits per heavy atom. The summed E-state index contributed by atoms with van der Waals surface area (Å²) in [4.78, 5) is 16.9. The summed E-state index contributed by atoms with van der Waals surface area (Å²) in [5, 5.41) is 3.24. The van der Waals surface area contributed by atoms with Crippen LogP contribution in [0.2, 0.25) is 0 Å². The number of anilines is 2. The summed E-state index contributed by atoms with van der Waals surface area (Å²) < 4.78 is 28.9. The van der Waals surface area contributed by atoms with E-state index in [2.05, 4.69) is 28.9 Å². The lowest BCUT2D eigenvalue weighted by Crippen LogP contribution is -2.12. The van der Waals surface area contributed by atoms with Crippen molar-refractivity contribution in [3.63, 3.8) is 0 Å². The van der Waals surface area contributed by atoms with Crippen molar-refractivity contribution in [1.29, 1.82) is 0 Å². The first kappa shape index (κ1) is 21.0. The number of rotatable bonds is 6. The van der Waals surface area contributed by atoms with E-state index >= 15 is 0 Å². The Morgan fingerprint density at radius 3 is 2.35 bits per heavy atom. The van der Waals surface area contributed by atoms with Crippen LogP contribution in [0.5, 0.6) is 0 Å². The van der Waals surface area contributed by atoms with Crippen LogP contribution in [0.4, 0.5) is 10.8 Å². The fraction of sp³-hybridized carbons (Fsp3) is 0.130. The molecule has 3 aromatic carbocycles. The largest absolute Gasteiger partial charge is 0.298 e. The molecule has 6 nitrogen and oxygen atoms in total. The summed E-state index contributed by atoms with van der Waals surface area (Å²) in [6, 6.07) is 20.9. The van der Waals surface area contributed by atoms with E-state index in [9.17, 15) is 13.2 Å². The van der Waals surface area contributed by atoms with Crippen LogP contribution in [0.15, 0.2) is 77.7 Å². The van der Waals surface area contributed by atoms with Gasteiger partial charge in [0.25, 0.3) is 15.9 Å². The van der Waals surface area contributed by atoms with Crippen LogP contribution in [0, 0.1) is 0 Å². The number of aromatic nitrogens is 1. The van der Waals surface area contributed by atoms with Gasteiger partial charge < -0.3 is 0 Å². The summed E-state index contributed by atoms with van der Waals surface area (Å²) in [6.07, 6.45) is 0. The molecule has 1 aromatic heterocycles. The van der Waals surface area contributed by atoms with Crippen molar-refractivity contribution in [2.45, 2.75) is 24.7 Å². The second kappa shape index (κ2) is 8.49. The first-order valence-electron chi connectivity index (χ1n) is 9.71. The third kappa shape index (κ3) is 4.76. The molecule has 0 radical (unpaired) electrons. The molecule has 0 aliphatic rings. The number of hydrogen-bond acceptors (Lipinski definition) is 5. The van der Waals surface area contributed by atoms with Gasteiger partial charge in [0, 0.05) is 5.56 Å². The lowest BCUT2D eigenvalue weighted by molar-refractivity contribution is 0.102. The lowest BCUT2D eigenvalue weighted by atomic mass is 10.0. The maximum atomic E-state index is 12.7. The zero-order chi connectivity index (χ0) is 22.0. The van der Waals surface area contributed by atoms with Crippen LogP contribution in [0.1, 0.15) is 35.7 Å². The molecule has 0 fully saturated rings. The highest BCUT2D eigenvalue weighted by Gasteiger charge is 2.16. The van der Waals surface area contributed by atoms with Crippen LogP contribution in [0.3, 0.4) is 0 Å². The average Bonchev–Trinajstić information content (AvgIpc) is 3.15. The molecule has 4 rings (SSSR count). The first-order valence-corrected chi connectivity index (χ1v) is 12.0. The number of hydrogen-bond donors (Lipinski definition) is 2. The summed E-state index contributed by atoms with van der Waals surface area (Å²) in [5.41, 5.74) is 2.73. The molecule has 0 atom stereocenters. The molecule has 0 spiro atoms. The van der Waals surface area contributed by atoms with Gasteiger partial charge in [0.15, 0.2) is 5.13 Å². The average molecular weight is 452 g/mol. The highest BCUT2D eigenvalue weighted by atomic mass is 32.2. The van der Waals surface area contributed by atoms with Gasteiger partial charge in [-0.3, -0.25) is 14.8 Å². The predicted molar refractivity (Wildman–Crippen MR) is 125 cm³/mol. The summed E-state index contributed by atoms with van der Waals surface area (Å²) in [7, 11) is -3.71. The Morgan fingerprint density at radius 2 is 1.68 bits per heavy atom. The van der Waals surface area contributed by atoms with Crippen molar-refractivity contribution in [2.24, 2.45) is 0 Å². The lowest BCUT2D eigenvalue weighted by Gasteiger charge is -2.10. The minimum absolute atomic E-state index is 0.206. The van der Waals surface area contributed by atoms with Gasteiger partial charge in [-0.1, -0.05) is 55.5 Å². The molecule has 0 saturated heterocycles. The van der Waals surface area contributed by atoms with Crippen molar-refractivity contribution in [2.75, 3.05) is 10.0 Å². The van der Waals surface area contributed by atoms with E-state index in [0.717, 1.165) is 10.3 Å². The Hall–Kier alpha value is -3.23. The van der Waals surface area contributed by atoms with E-state index in [-0.39, 0.29) is 10.8 Å². The fourth-order valence-corrected chi connectivity index (χ4v) is 5.00. The summed E-state index contributed by atoms with van der Waals surface area (Å²) in [5.74, 6) is 0.0838. The molecule has 158 valence electrons. The van der Waals surface area contributed by atoms with Gasteiger partial charge in [0.2, 0.25) is 0 Å². The number of benzene rings is 3. The van der Waals surface area contributed by atoms with Gasteiger partial charge >= 0.3 is 0 Å². The molecule has 0 bridgehead atoms. The van der Waals surface area contributed by atoms with Crippen molar-refractivity contribution in [3.05, 3.63) is 83.9 Å². The zero-order valence-electron chi connectivity index (χ0n) is 17.0. The molecule has 0 aliphatic carbocycles. The Labute approximate surface area is 185 Å². The number of fused-ring (bicyclic) bond motifs is 1. The molecule has 2 N–H and O–H groups in total. The van der Waals surface area contributed by atoms with Gasteiger partial charge in [0.1, 0.15) is 0 Å². The van der Waals surface area contributed by atoms with Gasteiger partial charge in [-0.15, -0.1) is 0 Å². The van der Waals surface area contributed by atoms with Crippen LogP contribution in [0.25, 0.3) is 10.2 Å². The maximum absolute atomic E-state index is 12.7. The quantitative estimate of drug-likeness (QED) is 0.407. The topological polar surface area (TPSA) is 88.2 Å². The van der Waals surface area contributed by atoms with Gasteiger partial charge in [-0.05, 0) is 53.9 Å². The number of carbonyl (C=O) groups is 1. The normalized spacial score (nSPS) is 11.6.